The van der Waals surface area contributed by atoms with Gasteiger partial charge in [0.15, 0.2) is 9.84 Å². The monoisotopic (exact) mass is 424 g/mol. The SMILES string of the molecule is CCCC(CBr)(CCC)CS(=O)(=O)c1ccccc1Br. The van der Waals surface area contributed by atoms with Crippen LogP contribution >= 0.6 is 31.9 Å². The van der Waals surface area contributed by atoms with E-state index in [9.17, 15) is 8.42 Å². The standard InChI is InChI=1S/C15H22Br2O2S/c1-3-9-15(11-16,10-4-2)12-20(18,19)14-8-6-5-7-13(14)17/h5-8H,3-4,9-12H2,1-2H3. The Morgan fingerprint density at radius 3 is 2.10 bits per heavy atom. The summed E-state index contributed by atoms with van der Waals surface area (Å²) in [5.74, 6) is 0.204. The molecular formula is C15H22Br2O2S. The molecule has 0 unspecified atom stereocenters. The molecule has 0 fully saturated rings. The molecule has 0 radical (unpaired) electrons. The normalized spacial score (nSPS) is 12.6. The Morgan fingerprint density at radius 1 is 1.10 bits per heavy atom. The Bertz CT molecular complexity index is 520. The lowest BCUT2D eigenvalue weighted by molar-refractivity contribution is 0.314. The third-order valence-corrected chi connectivity index (χ3v) is 7.67. The van der Waals surface area contributed by atoms with Gasteiger partial charge in [-0.05, 0) is 46.3 Å². The van der Waals surface area contributed by atoms with E-state index in [2.05, 4.69) is 45.7 Å². The molecule has 1 aromatic rings. The third-order valence-electron chi connectivity index (χ3n) is 3.51. The van der Waals surface area contributed by atoms with Crippen LogP contribution in [0.1, 0.15) is 39.5 Å². The van der Waals surface area contributed by atoms with Crippen molar-refractivity contribution in [3.05, 3.63) is 28.7 Å². The van der Waals surface area contributed by atoms with Crippen molar-refractivity contribution in [3.63, 3.8) is 0 Å². The molecule has 0 aliphatic heterocycles. The zero-order valence-corrected chi connectivity index (χ0v) is 16.0. The smallest absolute Gasteiger partial charge is 0.180 e. The largest absolute Gasteiger partial charge is 0.224 e. The van der Waals surface area contributed by atoms with E-state index in [1.54, 1.807) is 18.2 Å². The first-order valence-electron chi connectivity index (χ1n) is 6.94. The second-order valence-corrected chi connectivity index (χ2v) is 8.70. The summed E-state index contributed by atoms with van der Waals surface area (Å²) < 4.78 is 26.1. The van der Waals surface area contributed by atoms with Crippen LogP contribution < -0.4 is 0 Å². The molecule has 0 saturated heterocycles. The van der Waals surface area contributed by atoms with E-state index in [0.717, 1.165) is 31.0 Å². The minimum atomic E-state index is -3.28. The zero-order valence-electron chi connectivity index (χ0n) is 12.0. The van der Waals surface area contributed by atoms with Crippen molar-refractivity contribution in [1.82, 2.24) is 0 Å². The van der Waals surface area contributed by atoms with Crippen LogP contribution in [0.15, 0.2) is 33.6 Å². The van der Waals surface area contributed by atoms with Gasteiger partial charge in [0, 0.05) is 9.80 Å². The highest BCUT2D eigenvalue weighted by atomic mass is 79.9. The average Bonchev–Trinajstić information content (AvgIpc) is 2.39. The summed E-state index contributed by atoms with van der Waals surface area (Å²) in [7, 11) is -3.28. The maximum atomic E-state index is 12.7. The fraction of sp³-hybridized carbons (Fsp3) is 0.600. The molecule has 1 rings (SSSR count). The molecule has 1 aromatic carbocycles. The number of sulfone groups is 1. The lowest BCUT2D eigenvalue weighted by Gasteiger charge is -2.31. The second kappa shape index (κ2) is 7.95. The third kappa shape index (κ3) is 4.57. The van der Waals surface area contributed by atoms with Gasteiger partial charge in [-0.3, -0.25) is 0 Å². The van der Waals surface area contributed by atoms with E-state index in [4.69, 9.17) is 0 Å². The summed E-state index contributed by atoms with van der Waals surface area (Å²) >= 11 is 6.89. The topological polar surface area (TPSA) is 34.1 Å². The molecule has 0 bridgehead atoms. The summed E-state index contributed by atoms with van der Waals surface area (Å²) in [6.07, 6.45) is 3.85. The first-order chi connectivity index (χ1) is 9.40. The maximum Gasteiger partial charge on any atom is 0.180 e. The van der Waals surface area contributed by atoms with E-state index in [1.165, 1.54) is 0 Å². The molecule has 0 aromatic heterocycles. The minimum absolute atomic E-state index is 0.169. The van der Waals surface area contributed by atoms with Crippen LogP contribution in [0.5, 0.6) is 0 Å². The molecule has 20 heavy (non-hydrogen) atoms. The lowest BCUT2D eigenvalue weighted by Crippen LogP contribution is -2.32. The van der Waals surface area contributed by atoms with Gasteiger partial charge in [0.05, 0.1) is 10.6 Å². The van der Waals surface area contributed by atoms with Gasteiger partial charge in [-0.1, -0.05) is 54.8 Å². The maximum absolute atomic E-state index is 12.7. The van der Waals surface area contributed by atoms with Gasteiger partial charge in [0.25, 0.3) is 0 Å². The van der Waals surface area contributed by atoms with Crippen molar-refractivity contribution >= 4 is 41.7 Å². The molecule has 0 spiro atoms. The van der Waals surface area contributed by atoms with Gasteiger partial charge in [-0.25, -0.2) is 8.42 Å². The first kappa shape index (κ1) is 18.2. The fourth-order valence-corrected chi connectivity index (χ4v) is 6.73. The molecule has 0 atom stereocenters. The first-order valence-corrected chi connectivity index (χ1v) is 10.5. The molecule has 0 heterocycles. The van der Waals surface area contributed by atoms with Crippen LogP contribution in [0.25, 0.3) is 0 Å². The van der Waals surface area contributed by atoms with Crippen molar-refractivity contribution in [2.75, 3.05) is 11.1 Å². The number of rotatable bonds is 8. The van der Waals surface area contributed by atoms with E-state index >= 15 is 0 Å². The van der Waals surface area contributed by atoms with Gasteiger partial charge < -0.3 is 0 Å². The zero-order chi connectivity index (χ0) is 15.2. The fourth-order valence-electron chi connectivity index (χ4n) is 2.68. The number of halogens is 2. The lowest BCUT2D eigenvalue weighted by atomic mass is 9.83. The minimum Gasteiger partial charge on any atom is -0.224 e. The predicted molar refractivity (Wildman–Crippen MR) is 92.2 cm³/mol. The van der Waals surface area contributed by atoms with Gasteiger partial charge in [-0.15, -0.1) is 0 Å². The van der Waals surface area contributed by atoms with Crippen molar-refractivity contribution in [3.8, 4) is 0 Å². The Labute approximate surface area is 139 Å². The van der Waals surface area contributed by atoms with Crippen molar-refractivity contribution in [2.24, 2.45) is 5.41 Å². The average molecular weight is 426 g/mol. The van der Waals surface area contributed by atoms with Gasteiger partial charge >= 0.3 is 0 Å². The highest BCUT2D eigenvalue weighted by Gasteiger charge is 2.34. The van der Waals surface area contributed by atoms with E-state index in [0.29, 0.717) is 9.37 Å². The van der Waals surface area contributed by atoms with Crippen LogP contribution in [-0.4, -0.2) is 19.5 Å². The van der Waals surface area contributed by atoms with Gasteiger partial charge in [0.1, 0.15) is 0 Å². The summed E-state index contributed by atoms with van der Waals surface area (Å²) in [6.45, 7) is 4.22. The van der Waals surface area contributed by atoms with Crippen LogP contribution in [0.4, 0.5) is 0 Å². The molecule has 0 aliphatic carbocycles. The predicted octanol–water partition coefficient (Wildman–Crippen LogP) is 5.20. The Balaban J connectivity index is 3.12. The Hall–Kier alpha value is 0.130. The quantitative estimate of drug-likeness (QED) is 0.536. The highest BCUT2D eigenvalue weighted by Crippen LogP contribution is 2.36. The Kier molecular flexibility index (Phi) is 7.22. The molecular weight excluding hydrogens is 404 g/mol. The van der Waals surface area contributed by atoms with E-state index in [1.807, 2.05) is 6.07 Å². The van der Waals surface area contributed by atoms with Crippen LogP contribution in [0.2, 0.25) is 0 Å². The summed E-state index contributed by atoms with van der Waals surface area (Å²) in [4.78, 5) is 0.400. The number of hydrogen-bond acceptors (Lipinski definition) is 2. The number of alkyl halides is 1. The summed E-state index contributed by atoms with van der Waals surface area (Å²) in [5, 5.41) is 0.728. The van der Waals surface area contributed by atoms with Crippen molar-refractivity contribution in [1.29, 1.82) is 0 Å². The van der Waals surface area contributed by atoms with Crippen LogP contribution in [-0.2, 0) is 9.84 Å². The van der Waals surface area contributed by atoms with Gasteiger partial charge in [0.2, 0.25) is 0 Å². The highest BCUT2D eigenvalue weighted by molar-refractivity contribution is 9.10. The van der Waals surface area contributed by atoms with Crippen molar-refractivity contribution < 1.29 is 8.42 Å². The van der Waals surface area contributed by atoms with E-state index < -0.39 is 9.84 Å². The molecule has 0 amide bonds. The molecule has 5 heteroatoms. The molecule has 0 N–H and O–H groups in total. The number of benzene rings is 1. The van der Waals surface area contributed by atoms with Crippen molar-refractivity contribution in [2.45, 2.75) is 44.4 Å². The van der Waals surface area contributed by atoms with E-state index in [-0.39, 0.29) is 11.2 Å². The Morgan fingerprint density at radius 2 is 1.65 bits per heavy atom. The summed E-state index contributed by atoms with van der Waals surface area (Å²) in [5.41, 5.74) is -0.169. The second-order valence-electron chi connectivity index (χ2n) is 5.32. The van der Waals surface area contributed by atoms with Crippen LogP contribution in [0.3, 0.4) is 0 Å². The number of hydrogen-bond donors (Lipinski definition) is 0. The molecule has 2 nitrogen and oxygen atoms in total. The molecule has 0 aliphatic rings. The molecule has 0 saturated carbocycles. The van der Waals surface area contributed by atoms with Crippen LogP contribution in [0, 0.1) is 5.41 Å². The molecule has 114 valence electrons. The summed E-state index contributed by atoms with van der Waals surface area (Å²) in [6, 6.07) is 7.06. The van der Waals surface area contributed by atoms with Gasteiger partial charge in [-0.2, -0.15) is 0 Å².